The summed E-state index contributed by atoms with van der Waals surface area (Å²) < 4.78 is 0. The first-order valence-electron chi connectivity index (χ1n) is 10.1. The molecule has 0 aromatic carbocycles. The Morgan fingerprint density at radius 3 is 2.20 bits per heavy atom. The van der Waals surface area contributed by atoms with Crippen molar-refractivity contribution in [1.29, 1.82) is 0 Å². The molecule has 4 atom stereocenters. The molecule has 144 valence electrons. The topological polar surface area (TPSA) is 74.6 Å². The maximum atomic E-state index is 11.9. The van der Waals surface area contributed by atoms with Gasteiger partial charge in [-0.1, -0.05) is 77.4 Å². The lowest BCUT2D eigenvalue weighted by Gasteiger charge is -2.37. The zero-order valence-electron chi connectivity index (χ0n) is 16.0. The van der Waals surface area contributed by atoms with Gasteiger partial charge in [0.2, 0.25) is 0 Å². The molecule has 0 saturated carbocycles. The van der Waals surface area contributed by atoms with Crippen molar-refractivity contribution in [2.45, 2.75) is 84.5 Å². The highest BCUT2D eigenvalue weighted by molar-refractivity contribution is 5.75. The molecule has 0 aliphatic heterocycles. The Balaban J connectivity index is 2.85. The van der Waals surface area contributed by atoms with Crippen LogP contribution >= 0.6 is 0 Å². The van der Waals surface area contributed by atoms with Crippen molar-refractivity contribution in [1.82, 2.24) is 0 Å². The molecule has 0 spiro atoms. The molecule has 0 aromatic rings. The molecular formula is C21H36O4. The SMILES string of the molecule is CCCCCCC1C=CCC(C(=O)O)C1C(CCCCCC)C(=O)O. The smallest absolute Gasteiger partial charge is 0.307 e. The average molecular weight is 353 g/mol. The summed E-state index contributed by atoms with van der Waals surface area (Å²) in [4.78, 5) is 23.7. The fourth-order valence-corrected chi connectivity index (χ4v) is 4.20. The lowest BCUT2D eigenvalue weighted by molar-refractivity contribution is -0.151. The molecule has 1 aliphatic rings. The molecule has 0 aromatic heterocycles. The van der Waals surface area contributed by atoms with Crippen molar-refractivity contribution in [2.24, 2.45) is 23.7 Å². The van der Waals surface area contributed by atoms with E-state index in [-0.39, 0.29) is 11.8 Å². The van der Waals surface area contributed by atoms with Gasteiger partial charge in [-0.15, -0.1) is 0 Å². The number of hydrogen-bond acceptors (Lipinski definition) is 2. The van der Waals surface area contributed by atoms with Gasteiger partial charge in [0.25, 0.3) is 0 Å². The highest BCUT2D eigenvalue weighted by Crippen LogP contribution is 2.41. The fourth-order valence-electron chi connectivity index (χ4n) is 4.20. The molecule has 2 N–H and O–H groups in total. The molecule has 4 unspecified atom stereocenters. The molecule has 0 radical (unpaired) electrons. The molecule has 0 amide bonds. The first-order chi connectivity index (χ1) is 12.0. The molecule has 4 heteroatoms. The van der Waals surface area contributed by atoms with Gasteiger partial charge in [-0.25, -0.2) is 0 Å². The van der Waals surface area contributed by atoms with Crippen molar-refractivity contribution in [2.75, 3.05) is 0 Å². The number of carboxylic acid groups (broad SMARTS) is 2. The van der Waals surface area contributed by atoms with Crippen LogP contribution < -0.4 is 0 Å². The first kappa shape index (κ1) is 21.7. The summed E-state index contributed by atoms with van der Waals surface area (Å²) in [7, 11) is 0. The van der Waals surface area contributed by atoms with E-state index in [0.717, 1.165) is 51.4 Å². The molecule has 0 fully saturated rings. The Kier molecular flexibility index (Phi) is 10.5. The summed E-state index contributed by atoms with van der Waals surface area (Å²) in [6.07, 6.45) is 14.7. The highest BCUT2D eigenvalue weighted by Gasteiger charge is 2.42. The zero-order chi connectivity index (χ0) is 18.7. The second kappa shape index (κ2) is 12.1. The Hall–Kier alpha value is -1.32. The van der Waals surface area contributed by atoms with Crippen molar-refractivity contribution in [3.05, 3.63) is 12.2 Å². The number of hydrogen-bond donors (Lipinski definition) is 2. The van der Waals surface area contributed by atoms with E-state index in [1.807, 2.05) is 6.08 Å². The van der Waals surface area contributed by atoms with E-state index < -0.39 is 23.8 Å². The third-order valence-electron chi connectivity index (χ3n) is 5.59. The standard InChI is InChI=1S/C21H36O4/c1-3-5-7-9-12-16-13-11-15-18(21(24)25)19(16)17(20(22)23)14-10-8-6-4-2/h11,13,16-19H,3-10,12,14-15H2,1-2H3,(H,22,23)(H,24,25). The van der Waals surface area contributed by atoms with Crippen LogP contribution in [0, 0.1) is 23.7 Å². The van der Waals surface area contributed by atoms with Gasteiger partial charge in [-0.05, 0) is 31.1 Å². The van der Waals surface area contributed by atoms with Gasteiger partial charge in [0, 0.05) is 0 Å². The van der Waals surface area contributed by atoms with E-state index in [0.29, 0.717) is 12.8 Å². The Morgan fingerprint density at radius 2 is 1.64 bits per heavy atom. The van der Waals surface area contributed by atoms with Crippen LogP contribution in [-0.2, 0) is 9.59 Å². The first-order valence-corrected chi connectivity index (χ1v) is 10.1. The minimum atomic E-state index is -0.840. The van der Waals surface area contributed by atoms with E-state index >= 15 is 0 Å². The predicted octanol–water partition coefficient (Wildman–Crippen LogP) is 5.52. The largest absolute Gasteiger partial charge is 0.481 e. The van der Waals surface area contributed by atoms with Crippen molar-refractivity contribution < 1.29 is 19.8 Å². The van der Waals surface area contributed by atoms with Crippen LogP contribution in [0.3, 0.4) is 0 Å². The van der Waals surface area contributed by atoms with Gasteiger partial charge in [0.1, 0.15) is 0 Å². The summed E-state index contributed by atoms with van der Waals surface area (Å²) in [5.41, 5.74) is 0. The number of carboxylic acids is 2. The van der Waals surface area contributed by atoms with Crippen molar-refractivity contribution in [3.8, 4) is 0 Å². The normalized spacial score (nSPS) is 24.2. The van der Waals surface area contributed by atoms with Crippen LogP contribution in [0.25, 0.3) is 0 Å². The second-order valence-corrected chi connectivity index (χ2v) is 7.49. The van der Waals surface area contributed by atoms with E-state index in [9.17, 15) is 19.8 Å². The maximum absolute atomic E-state index is 11.9. The van der Waals surface area contributed by atoms with E-state index in [1.54, 1.807) is 0 Å². The van der Waals surface area contributed by atoms with Crippen LogP contribution in [0.5, 0.6) is 0 Å². The second-order valence-electron chi connectivity index (χ2n) is 7.49. The summed E-state index contributed by atoms with van der Waals surface area (Å²) >= 11 is 0. The molecule has 0 bridgehead atoms. The molecule has 0 heterocycles. The van der Waals surface area contributed by atoms with Crippen molar-refractivity contribution in [3.63, 3.8) is 0 Å². The lowest BCUT2D eigenvalue weighted by atomic mass is 9.66. The third-order valence-corrected chi connectivity index (χ3v) is 5.59. The van der Waals surface area contributed by atoms with E-state index in [2.05, 4.69) is 19.9 Å². The molecular weight excluding hydrogens is 316 g/mol. The molecule has 1 rings (SSSR count). The Bertz CT molecular complexity index is 430. The van der Waals surface area contributed by atoms with Crippen LogP contribution in [-0.4, -0.2) is 22.2 Å². The highest BCUT2D eigenvalue weighted by atomic mass is 16.4. The van der Waals surface area contributed by atoms with Crippen LogP contribution in [0.15, 0.2) is 12.2 Å². The fraction of sp³-hybridized carbons (Fsp3) is 0.810. The average Bonchev–Trinajstić information content (AvgIpc) is 2.58. The van der Waals surface area contributed by atoms with Gasteiger partial charge in [0.05, 0.1) is 11.8 Å². The zero-order valence-corrected chi connectivity index (χ0v) is 16.0. The number of unbranched alkanes of at least 4 members (excludes halogenated alkanes) is 6. The predicted molar refractivity (Wildman–Crippen MR) is 101 cm³/mol. The van der Waals surface area contributed by atoms with Gasteiger partial charge < -0.3 is 10.2 Å². The molecule has 0 saturated heterocycles. The van der Waals surface area contributed by atoms with E-state index in [1.165, 1.54) is 6.42 Å². The minimum absolute atomic E-state index is 0.0824. The van der Waals surface area contributed by atoms with Crippen LogP contribution in [0.2, 0.25) is 0 Å². The van der Waals surface area contributed by atoms with Crippen LogP contribution in [0.4, 0.5) is 0 Å². The monoisotopic (exact) mass is 352 g/mol. The van der Waals surface area contributed by atoms with Gasteiger partial charge in [-0.3, -0.25) is 9.59 Å². The summed E-state index contributed by atoms with van der Waals surface area (Å²) in [6.45, 7) is 4.30. The summed E-state index contributed by atoms with van der Waals surface area (Å²) in [5.74, 6) is -2.95. The van der Waals surface area contributed by atoms with Crippen molar-refractivity contribution >= 4 is 11.9 Å². The summed E-state index contributed by atoms with van der Waals surface area (Å²) in [6, 6.07) is 0. The van der Waals surface area contributed by atoms with Gasteiger partial charge in [0.15, 0.2) is 0 Å². The Labute approximate surface area is 152 Å². The number of rotatable bonds is 13. The quantitative estimate of drug-likeness (QED) is 0.338. The molecule has 4 nitrogen and oxygen atoms in total. The van der Waals surface area contributed by atoms with Gasteiger partial charge in [-0.2, -0.15) is 0 Å². The van der Waals surface area contributed by atoms with Crippen LogP contribution in [0.1, 0.15) is 84.5 Å². The number of aliphatic carboxylic acids is 2. The lowest BCUT2D eigenvalue weighted by Crippen LogP contribution is -2.39. The maximum Gasteiger partial charge on any atom is 0.307 e. The number of carbonyl (C=O) groups is 2. The van der Waals surface area contributed by atoms with Gasteiger partial charge >= 0.3 is 11.9 Å². The molecule has 1 aliphatic carbocycles. The minimum Gasteiger partial charge on any atom is -0.481 e. The third kappa shape index (κ3) is 7.21. The van der Waals surface area contributed by atoms with E-state index in [4.69, 9.17) is 0 Å². The number of allylic oxidation sites excluding steroid dienone is 2. The summed E-state index contributed by atoms with van der Waals surface area (Å²) in [5, 5.41) is 19.4. The molecule has 25 heavy (non-hydrogen) atoms. The Morgan fingerprint density at radius 1 is 1.00 bits per heavy atom.